The normalized spacial score (nSPS) is 13.5. The maximum atomic E-state index is 12.1. The molecule has 3 N–H and O–H groups in total. The minimum Gasteiger partial charge on any atom is -0.484 e. The summed E-state index contributed by atoms with van der Waals surface area (Å²) in [6.45, 7) is 5.37. The third-order valence-corrected chi connectivity index (χ3v) is 4.44. The first-order valence-electron chi connectivity index (χ1n) is 7.51. The van der Waals surface area contributed by atoms with E-state index in [9.17, 15) is 4.79 Å². The van der Waals surface area contributed by atoms with E-state index in [0.29, 0.717) is 18.1 Å². The number of aromatic nitrogens is 2. The molecule has 0 fully saturated rings. The van der Waals surface area contributed by atoms with E-state index < -0.39 is 0 Å². The molecule has 1 amide bonds. The summed E-state index contributed by atoms with van der Waals surface area (Å²) in [7, 11) is 0. The van der Waals surface area contributed by atoms with Crippen molar-refractivity contribution in [3.05, 3.63) is 39.5 Å². The summed E-state index contributed by atoms with van der Waals surface area (Å²) in [6, 6.07) is 3.64. The summed E-state index contributed by atoms with van der Waals surface area (Å²) in [4.78, 5) is 12.1. The van der Waals surface area contributed by atoms with E-state index in [4.69, 9.17) is 16.3 Å². The van der Waals surface area contributed by atoms with Crippen molar-refractivity contribution in [2.24, 2.45) is 0 Å². The molecule has 6 nitrogen and oxygen atoms in total. The monoisotopic (exact) mass is 334 g/mol. The predicted molar refractivity (Wildman–Crippen MR) is 89.0 cm³/mol. The molecule has 1 aromatic heterocycles. The lowest BCUT2D eigenvalue weighted by Gasteiger charge is -2.13. The molecular formula is C16H19ClN4O2. The SMILES string of the molecule is Cc1cc(OCC(=O)Nc2n[nH]c3c2CNCC3)cc(C)c1Cl. The summed E-state index contributed by atoms with van der Waals surface area (Å²) in [5, 5.41) is 13.9. The Hall–Kier alpha value is -2.05. The first-order valence-corrected chi connectivity index (χ1v) is 7.88. The van der Waals surface area contributed by atoms with Crippen molar-refractivity contribution in [1.29, 1.82) is 0 Å². The van der Waals surface area contributed by atoms with E-state index >= 15 is 0 Å². The van der Waals surface area contributed by atoms with E-state index in [1.807, 2.05) is 26.0 Å². The van der Waals surface area contributed by atoms with E-state index in [-0.39, 0.29) is 12.5 Å². The van der Waals surface area contributed by atoms with Gasteiger partial charge < -0.3 is 15.4 Å². The molecule has 0 saturated carbocycles. The molecule has 0 aliphatic carbocycles. The van der Waals surface area contributed by atoms with Gasteiger partial charge in [-0.05, 0) is 37.1 Å². The van der Waals surface area contributed by atoms with Gasteiger partial charge in [0.05, 0.1) is 0 Å². The van der Waals surface area contributed by atoms with Crippen LogP contribution < -0.4 is 15.4 Å². The molecule has 0 bridgehead atoms. The van der Waals surface area contributed by atoms with Crippen molar-refractivity contribution >= 4 is 23.3 Å². The van der Waals surface area contributed by atoms with Gasteiger partial charge in [0.25, 0.3) is 5.91 Å². The van der Waals surface area contributed by atoms with Gasteiger partial charge in [0.1, 0.15) is 5.75 Å². The molecule has 1 aliphatic heterocycles. The Morgan fingerprint density at radius 1 is 1.39 bits per heavy atom. The van der Waals surface area contributed by atoms with Gasteiger partial charge >= 0.3 is 0 Å². The second-order valence-electron chi connectivity index (χ2n) is 5.66. The first kappa shape index (κ1) is 15.8. The molecule has 2 heterocycles. The van der Waals surface area contributed by atoms with Gasteiger partial charge in [0.2, 0.25) is 0 Å². The number of nitrogens with zero attached hydrogens (tertiary/aromatic N) is 1. The zero-order valence-electron chi connectivity index (χ0n) is 13.1. The van der Waals surface area contributed by atoms with Gasteiger partial charge in [0.15, 0.2) is 12.4 Å². The lowest BCUT2D eigenvalue weighted by molar-refractivity contribution is -0.118. The van der Waals surface area contributed by atoms with Gasteiger partial charge in [-0.1, -0.05) is 11.6 Å². The zero-order valence-corrected chi connectivity index (χ0v) is 13.9. The van der Waals surface area contributed by atoms with E-state index in [1.165, 1.54) is 0 Å². The highest BCUT2D eigenvalue weighted by atomic mass is 35.5. The number of nitrogens with one attached hydrogen (secondary N) is 3. The molecule has 0 spiro atoms. The number of anilines is 1. The van der Waals surface area contributed by atoms with Crippen LogP contribution in [0.4, 0.5) is 5.82 Å². The Morgan fingerprint density at radius 3 is 2.87 bits per heavy atom. The number of ether oxygens (including phenoxy) is 1. The number of benzene rings is 1. The second-order valence-corrected chi connectivity index (χ2v) is 6.04. The number of hydrogen-bond donors (Lipinski definition) is 3. The van der Waals surface area contributed by atoms with Crippen LogP contribution in [-0.4, -0.2) is 29.3 Å². The van der Waals surface area contributed by atoms with Crippen LogP contribution in [0, 0.1) is 13.8 Å². The predicted octanol–water partition coefficient (Wildman–Crippen LogP) is 2.34. The van der Waals surface area contributed by atoms with Crippen molar-refractivity contribution in [3.8, 4) is 5.75 Å². The van der Waals surface area contributed by atoms with Crippen molar-refractivity contribution in [2.75, 3.05) is 18.5 Å². The van der Waals surface area contributed by atoms with Crippen LogP contribution in [0.1, 0.15) is 22.4 Å². The highest BCUT2D eigenvalue weighted by Gasteiger charge is 2.18. The number of aromatic amines is 1. The van der Waals surface area contributed by atoms with Crippen molar-refractivity contribution in [2.45, 2.75) is 26.8 Å². The van der Waals surface area contributed by atoms with Gasteiger partial charge in [-0.15, -0.1) is 0 Å². The Morgan fingerprint density at radius 2 is 2.13 bits per heavy atom. The smallest absolute Gasteiger partial charge is 0.263 e. The molecule has 0 unspecified atom stereocenters. The molecular weight excluding hydrogens is 316 g/mol. The Bertz CT molecular complexity index is 719. The molecule has 0 atom stereocenters. The molecule has 2 aromatic rings. The fraction of sp³-hybridized carbons (Fsp3) is 0.375. The number of amides is 1. The van der Waals surface area contributed by atoms with Crippen LogP contribution in [0.15, 0.2) is 12.1 Å². The molecule has 1 aromatic carbocycles. The Kier molecular flexibility index (Phi) is 4.54. The van der Waals surface area contributed by atoms with Crippen LogP contribution in [0.5, 0.6) is 5.75 Å². The van der Waals surface area contributed by atoms with E-state index in [2.05, 4.69) is 20.8 Å². The summed E-state index contributed by atoms with van der Waals surface area (Å²) in [5.74, 6) is 0.963. The fourth-order valence-electron chi connectivity index (χ4n) is 2.64. The average Bonchev–Trinajstić information content (AvgIpc) is 2.94. The average molecular weight is 335 g/mol. The van der Waals surface area contributed by atoms with Crippen molar-refractivity contribution in [3.63, 3.8) is 0 Å². The van der Waals surface area contributed by atoms with Crippen LogP contribution in [0.25, 0.3) is 0 Å². The van der Waals surface area contributed by atoms with Crippen molar-refractivity contribution in [1.82, 2.24) is 15.5 Å². The molecule has 1 aliphatic rings. The largest absolute Gasteiger partial charge is 0.484 e. The van der Waals surface area contributed by atoms with Gasteiger partial charge in [-0.2, -0.15) is 5.10 Å². The molecule has 7 heteroatoms. The van der Waals surface area contributed by atoms with E-state index in [1.54, 1.807) is 0 Å². The molecule has 0 saturated heterocycles. The van der Waals surface area contributed by atoms with Crippen LogP contribution in [0.2, 0.25) is 5.02 Å². The fourth-order valence-corrected chi connectivity index (χ4v) is 2.74. The maximum Gasteiger partial charge on any atom is 0.263 e. The zero-order chi connectivity index (χ0) is 16.4. The van der Waals surface area contributed by atoms with Gasteiger partial charge in [-0.3, -0.25) is 9.89 Å². The number of fused-ring (bicyclic) bond motifs is 1. The third-order valence-electron chi connectivity index (χ3n) is 3.84. The van der Waals surface area contributed by atoms with Gasteiger partial charge in [0, 0.05) is 35.8 Å². The van der Waals surface area contributed by atoms with Crippen LogP contribution in [0.3, 0.4) is 0 Å². The number of carbonyl (C=O) groups excluding carboxylic acids is 1. The molecule has 3 rings (SSSR count). The quantitative estimate of drug-likeness (QED) is 0.802. The topological polar surface area (TPSA) is 79.0 Å². The van der Waals surface area contributed by atoms with Crippen LogP contribution in [-0.2, 0) is 17.8 Å². The minimum absolute atomic E-state index is 0.0738. The lowest BCUT2D eigenvalue weighted by Crippen LogP contribution is -2.25. The van der Waals surface area contributed by atoms with Crippen molar-refractivity contribution < 1.29 is 9.53 Å². The lowest BCUT2D eigenvalue weighted by atomic mass is 10.1. The van der Waals surface area contributed by atoms with Crippen LogP contribution >= 0.6 is 11.6 Å². The molecule has 0 radical (unpaired) electrons. The highest BCUT2D eigenvalue weighted by molar-refractivity contribution is 6.32. The third kappa shape index (κ3) is 3.48. The summed E-state index contributed by atoms with van der Waals surface area (Å²) < 4.78 is 5.55. The highest BCUT2D eigenvalue weighted by Crippen LogP contribution is 2.26. The molecule has 122 valence electrons. The second kappa shape index (κ2) is 6.60. The summed E-state index contributed by atoms with van der Waals surface area (Å²) in [6.07, 6.45) is 0.887. The standard InChI is InChI=1S/C16H19ClN4O2/c1-9-5-11(6-10(2)15(9)17)23-8-14(22)19-16-12-7-18-4-3-13(12)20-21-16/h5-6,18H,3-4,7-8H2,1-2H3,(H2,19,20,21,22). The minimum atomic E-state index is -0.241. The number of H-pyrrole nitrogens is 1. The van der Waals surface area contributed by atoms with E-state index in [0.717, 1.165) is 40.4 Å². The maximum absolute atomic E-state index is 12.1. The number of hydrogen-bond acceptors (Lipinski definition) is 4. The summed E-state index contributed by atoms with van der Waals surface area (Å²) >= 11 is 6.12. The number of carbonyl (C=O) groups is 1. The number of aryl methyl sites for hydroxylation is 2. The Labute approximate surface area is 139 Å². The van der Waals surface area contributed by atoms with Gasteiger partial charge in [-0.25, -0.2) is 0 Å². The summed E-state index contributed by atoms with van der Waals surface area (Å²) in [5.41, 5.74) is 3.94. The molecule has 23 heavy (non-hydrogen) atoms. The Balaban J connectivity index is 1.61. The number of halogens is 1. The first-order chi connectivity index (χ1) is 11.0. The number of rotatable bonds is 4.